The number of anilines is 1. The van der Waals surface area contributed by atoms with E-state index in [0.717, 1.165) is 22.6 Å². The lowest BCUT2D eigenvalue weighted by atomic mass is 10.1. The lowest BCUT2D eigenvalue weighted by molar-refractivity contribution is 0.252. The summed E-state index contributed by atoms with van der Waals surface area (Å²) in [5.74, 6) is 1.13. The van der Waals surface area contributed by atoms with Gasteiger partial charge in [-0.05, 0) is 41.8 Å². The van der Waals surface area contributed by atoms with Crippen LogP contribution in [0, 0.1) is 5.82 Å². The van der Waals surface area contributed by atoms with Crippen LogP contribution in [0.4, 0.5) is 14.9 Å². The Morgan fingerprint density at radius 1 is 1.14 bits per heavy atom. The first-order valence-corrected chi connectivity index (χ1v) is 9.40. The molecule has 5 nitrogen and oxygen atoms in total. The summed E-state index contributed by atoms with van der Waals surface area (Å²) >= 11 is 0. The molecular weight excluding hydrogens is 355 g/mol. The third-order valence-electron chi connectivity index (χ3n) is 4.41. The van der Waals surface area contributed by atoms with E-state index in [-0.39, 0.29) is 11.8 Å². The molecule has 0 unspecified atom stereocenters. The zero-order valence-corrected chi connectivity index (χ0v) is 16.2. The Morgan fingerprint density at radius 2 is 1.93 bits per heavy atom. The van der Waals surface area contributed by atoms with E-state index in [4.69, 9.17) is 0 Å². The van der Waals surface area contributed by atoms with E-state index in [1.807, 2.05) is 36.7 Å². The fourth-order valence-corrected chi connectivity index (χ4v) is 3.05. The Kier molecular flexibility index (Phi) is 6.42. The van der Waals surface area contributed by atoms with Crippen molar-refractivity contribution in [3.63, 3.8) is 0 Å². The molecule has 28 heavy (non-hydrogen) atoms. The number of imidazole rings is 1. The number of halogens is 1. The van der Waals surface area contributed by atoms with E-state index in [2.05, 4.69) is 34.0 Å². The van der Waals surface area contributed by atoms with Gasteiger partial charge in [-0.3, -0.25) is 0 Å². The van der Waals surface area contributed by atoms with Gasteiger partial charge in [0.15, 0.2) is 0 Å². The van der Waals surface area contributed by atoms with Crippen molar-refractivity contribution >= 4 is 11.7 Å². The number of nitrogens with zero attached hydrogens (tertiary/aromatic N) is 2. The van der Waals surface area contributed by atoms with Gasteiger partial charge in [0.2, 0.25) is 0 Å². The third kappa shape index (κ3) is 5.42. The predicted octanol–water partition coefficient (Wildman–Crippen LogP) is 4.56. The maximum Gasteiger partial charge on any atom is 0.319 e. The second-order valence-corrected chi connectivity index (χ2v) is 7.03. The highest BCUT2D eigenvalue weighted by molar-refractivity contribution is 5.89. The fourth-order valence-electron chi connectivity index (χ4n) is 3.05. The van der Waals surface area contributed by atoms with Crippen molar-refractivity contribution in [3.8, 4) is 0 Å². The van der Waals surface area contributed by atoms with Crippen LogP contribution < -0.4 is 10.6 Å². The quantitative estimate of drug-likeness (QED) is 0.631. The molecule has 1 heterocycles. The van der Waals surface area contributed by atoms with E-state index < -0.39 is 0 Å². The molecule has 6 heteroatoms. The molecule has 0 aliphatic heterocycles. The second-order valence-electron chi connectivity index (χ2n) is 7.03. The molecule has 0 aliphatic carbocycles. The standard InChI is InChI=1S/C22H25FN4O/c1-16(2)21-24-12-13-27(21)15-18-4-3-5-20(14-18)26-22(28)25-11-10-17-6-8-19(23)9-7-17/h3-9,12-14,16H,10-11,15H2,1-2H3,(H2,25,26,28). The highest BCUT2D eigenvalue weighted by Gasteiger charge is 2.08. The predicted molar refractivity (Wildman–Crippen MR) is 109 cm³/mol. The van der Waals surface area contributed by atoms with Crippen molar-refractivity contribution in [2.75, 3.05) is 11.9 Å². The van der Waals surface area contributed by atoms with Crippen molar-refractivity contribution in [2.24, 2.45) is 0 Å². The fraction of sp³-hybridized carbons (Fsp3) is 0.273. The second kappa shape index (κ2) is 9.17. The number of urea groups is 1. The van der Waals surface area contributed by atoms with Gasteiger partial charge < -0.3 is 15.2 Å². The molecule has 2 aromatic carbocycles. The first-order valence-electron chi connectivity index (χ1n) is 9.40. The van der Waals surface area contributed by atoms with E-state index >= 15 is 0 Å². The van der Waals surface area contributed by atoms with Gasteiger partial charge in [0.05, 0.1) is 0 Å². The van der Waals surface area contributed by atoms with Crippen molar-refractivity contribution in [1.82, 2.24) is 14.9 Å². The van der Waals surface area contributed by atoms with Crippen molar-refractivity contribution < 1.29 is 9.18 Å². The minimum Gasteiger partial charge on any atom is -0.338 e. The number of rotatable bonds is 7. The lowest BCUT2D eigenvalue weighted by Gasteiger charge is -2.12. The summed E-state index contributed by atoms with van der Waals surface area (Å²) in [6.07, 6.45) is 4.43. The van der Waals surface area contributed by atoms with Crippen LogP contribution >= 0.6 is 0 Å². The summed E-state index contributed by atoms with van der Waals surface area (Å²) in [4.78, 5) is 16.5. The molecule has 0 saturated carbocycles. The van der Waals surface area contributed by atoms with Crippen molar-refractivity contribution in [3.05, 3.63) is 83.7 Å². The molecule has 0 atom stereocenters. The van der Waals surface area contributed by atoms with Crippen LogP contribution in [0.25, 0.3) is 0 Å². The van der Waals surface area contributed by atoms with Gasteiger partial charge in [-0.2, -0.15) is 0 Å². The van der Waals surface area contributed by atoms with Gasteiger partial charge in [0, 0.05) is 37.1 Å². The Labute approximate surface area is 164 Å². The Balaban J connectivity index is 1.52. The molecule has 2 N–H and O–H groups in total. The monoisotopic (exact) mass is 380 g/mol. The summed E-state index contributed by atoms with van der Waals surface area (Å²) in [5, 5.41) is 5.68. The molecule has 3 aromatic rings. The lowest BCUT2D eigenvalue weighted by Crippen LogP contribution is -2.30. The Bertz CT molecular complexity index is 918. The van der Waals surface area contributed by atoms with Gasteiger partial charge >= 0.3 is 6.03 Å². The maximum atomic E-state index is 12.9. The van der Waals surface area contributed by atoms with Gasteiger partial charge in [-0.25, -0.2) is 14.2 Å². The van der Waals surface area contributed by atoms with Crippen LogP contribution in [0.2, 0.25) is 0 Å². The van der Waals surface area contributed by atoms with Gasteiger partial charge in [-0.15, -0.1) is 0 Å². The summed E-state index contributed by atoms with van der Waals surface area (Å²) in [5.41, 5.74) is 2.80. The number of benzene rings is 2. The first-order chi connectivity index (χ1) is 13.5. The molecule has 1 aromatic heterocycles. The smallest absolute Gasteiger partial charge is 0.319 e. The minimum absolute atomic E-state index is 0.259. The summed E-state index contributed by atoms with van der Waals surface area (Å²) < 4.78 is 15.0. The number of carbonyl (C=O) groups is 1. The van der Waals surface area contributed by atoms with Crippen LogP contribution in [-0.4, -0.2) is 22.1 Å². The molecule has 0 aliphatic rings. The van der Waals surface area contributed by atoms with Crippen LogP contribution in [0.3, 0.4) is 0 Å². The van der Waals surface area contributed by atoms with Crippen LogP contribution in [0.1, 0.15) is 36.7 Å². The number of nitrogens with one attached hydrogen (secondary N) is 2. The largest absolute Gasteiger partial charge is 0.338 e. The summed E-state index contributed by atoms with van der Waals surface area (Å²) in [6, 6.07) is 13.8. The van der Waals surface area contributed by atoms with E-state index in [0.29, 0.717) is 25.4 Å². The zero-order chi connectivity index (χ0) is 19.9. The van der Waals surface area contributed by atoms with E-state index in [1.165, 1.54) is 12.1 Å². The molecular formula is C22H25FN4O. The average Bonchev–Trinajstić information content (AvgIpc) is 3.12. The van der Waals surface area contributed by atoms with Gasteiger partial charge in [0.25, 0.3) is 0 Å². The SMILES string of the molecule is CC(C)c1nccn1Cc1cccc(NC(=O)NCCc2ccc(F)cc2)c1. The van der Waals surface area contributed by atoms with Crippen LogP contribution in [0.5, 0.6) is 0 Å². The molecule has 2 amide bonds. The van der Waals surface area contributed by atoms with Crippen LogP contribution in [0.15, 0.2) is 60.9 Å². The Hall–Kier alpha value is -3.15. The van der Waals surface area contributed by atoms with Crippen molar-refractivity contribution in [2.45, 2.75) is 32.7 Å². The van der Waals surface area contributed by atoms with Gasteiger partial charge in [-0.1, -0.05) is 38.1 Å². The molecule has 0 bridgehead atoms. The molecule has 0 fully saturated rings. The number of amides is 2. The maximum absolute atomic E-state index is 12.9. The summed E-state index contributed by atoms with van der Waals surface area (Å²) in [6.45, 7) is 5.42. The minimum atomic E-state index is -0.259. The topological polar surface area (TPSA) is 59.0 Å². The normalized spacial score (nSPS) is 10.9. The van der Waals surface area contributed by atoms with E-state index in [1.54, 1.807) is 12.1 Å². The molecule has 3 rings (SSSR count). The third-order valence-corrected chi connectivity index (χ3v) is 4.41. The van der Waals surface area contributed by atoms with E-state index in [9.17, 15) is 9.18 Å². The number of hydrogen-bond donors (Lipinski definition) is 2. The molecule has 0 saturated heterocycles. The molecule has 146 valence electrons. The summed E-state index contributed by atoms with van der Waals surface area (Å²) in [7, 11) is 0. The first kappa shape index (κ1) is 19.6. The van der Waals surface area contributed by atoms with Crippen molar-refractivity contribution in [1.29, 1.82) is 0 Å². The highest BCUT2D eigenvalue weighted by atomic mass is 19.1. The highest BCUT2D eigenvalue weighted by Crippen LogP contribution is 2.16. The number of carbonyl (C=O) groups excluding carboxylic acids is 1. The Morgan fingerprint density at radius 3 is 2.68 bits per heavy atom. The van der Waals surface area contributed by atoms with Gasteiger partial charge in [0.1, 0.15) is 11.6 Å². The number of hydrogen-bond acceptors (Lipinski definition) is 2. The zero-order valence-electron chi connectivity index (χ0n) is 16.2. The molecule has 0 radical (unpaired) electrons. The molecule has 0 spiro atoms. The number of aromatic nitrogens is 2. The van der Waals surface area contributed by atoms with Crippen LogP contribution in [-0.2, 0) is 13.0 Å². The average molecular weight is 380 g/mol.